The molecule has 3 aromatic carbocycles. The van der Waals surface area contributed by atoms with Gasteiger partial charge in [0.2, 0.25) is 10.0 Å². The van der Waals surface area contributed by atoms with Crippen LogP contribution in [0, 0.1) is 0 Å². The maximum Gasteiger partial charge on any atom is 0.255 e. The summed E-state index contributed by atoms with van der Waals surface area (Å²) >= 11 is 6.21. The molecule has 0 atom stereocenters. The van der Waals surface area contributed by atoms with Crippen molar-refractivity contribution in [2.24, 2.45) is 0 Å². The van der Waals surface area contributed by atoms with Crippen LogP contribution in [0.2, 0.25) is 5.02 Å². The molecule has 1 aliphatic rings. The van der Waals surface area contributed by atoms with Crippen LogP contribution in [-0.4, -0.2) is 32.5 Å². The van der Waals surface area contributed by atoms with E-state index in [1.807, 2.05) is 6.07 Å². The first-order chi connectivity index (χ1) is 15.8. The van der Waals surface area contributed by atoms with Crippen molar-refractivity contribution < 1.29 is 18.0 Å². The van der Waals surface area contributed by atoms with E-state index in [0.717, 1.165) is 6.42 Å². The molecule has 1 aliphatic heterocycles. The molecule has 0 aliphatic carbocycles. The Morgan fingerprint density at radius 3 is 2.18 bits per heavy atom. The number of rotatable bonds is 5. The number of sulfonamides is 1. The zero-order chi connectivity index (χ0) is 23.4. The van der Waals surface area contributed by atoms with Crippen molar-refractivity contribution in [2.75, 3.05) is 27.2 Å². The zero-order valence-electron chi connectivity index (χ0n) is 17.6. The van der Waals surface area contributed by atoms with Crippen LogP contribution in [0.1, 0.15) is 33.6 Å². The molecule has 2 amide bonds. The van der Waals surface area contributed by atoms with Crippen molar-refractivity contribution in [1.82, 2.24) is 0 Å². The van der Waals surface area contributed by atoms with Gasteiger partial charge in [-0.2, -0.15) is 0 Å². The minimum absolute atomic E-state index is 0.134. The summed E-state index contributed by atoms with van der Waals surface area (Å²) in [6.45, 7) is 0.441. The Kier molecular flexibility index (Phi) is 6.67. The zero-order valence-corrected chi connectivity index (χ0v) is 19.2. The average molecular weight is 484 g/mol. The van der Waals surface area contributed by atoms with Crippen LogP contribution in [0.5, 0.6) is 0 Å². The van der Waals surface area contributed by atoms with Crippen molar-refractivity contribution in [1.29, 1.82) is 0 Å². The number of nitrogens with one attached hydrogen (secondary N) is 2. The van der Waals surface area contributed by atoms with Crippen LogP contribution in [0.25, 0.3) is 0 Å². The molecule has 2 N–H and O–H groups in total. The molecule has 0 bridgehead atoms. The number of halogens is 1. The number of amides is 2. The van der Waals surface area contributed by atoms with E-state index in [1.54, 1.807) is 66.7 Å². The number of anilines is 3. The van der Waals surface area contributed by atoms with Crippen LogP contribution < -0.4 is 14.9 Å². The quantitative estimate of drug-likeness (QED) is 0.546. The maximum atomic E-state index is 12.7. The lowest BCUT2D eigenvalue weighted by Gasteiger charge is -2.28. The van der Waals surface area contributed by atoms with Crippen LogP contribution in [-0.2, 0) is 10.0 Å². The highest BCUT2D eigenvalue weighted by atomic mass is 35.5. The molecule has 1 saturated heterocycles. The molecule has 1 heterocycles. The molecule has 0 spiro atoms. The van der Waals surface area contributed by atoms with Crippen molar-refractivity contribution in [3.8, 4) is 0 Å². The smallest absolute Gasteiger partial charge is 0.255 e. The van der Waals surface area contributed by atoms with Gasteiger partial charge in [0.05, 0.1) is 22.2 Å². The van der Waals surface area contributed by atoms with Crippen molar-refractivity contribution in [2.45, 2.75) is 12.8 Å². The molecule has 9 heteroatoms. The largest absolute Gasteiger partial charge is 0.322 e. The molecule has 1 fully saturated rings. The van der Waals surface area contributed by atoms with Gasteiger partial charge >= 0.3 is 0 Å². The predicted molar refractivity (Wildman–Crippen MR) is 131 cm³/mol. The predicted octanol–water partition coefficient (Wildman–Crippen LogP) is 4.77. The number of hydrogen-bond acceptors (Lipinski definition) is 4. The normalized spacial score (nSPS) is 15.0. The first kappa shape index (κ1) is 22.8. The lowest BCUT2D eigenvalue weighted by molar-refractivity contribution is 0.101. The summed E-state index contributed by atoms with van der Waals surface area (Å²) in [4.78, 5) is 25.1. The van der Waals surface area contributed by atoms with E-state index in [2.05, 4.69) is 10.6 Å². The van der Waals surface area contributed by atoms with E-state index in [0.29, 0.717) is 46.2 Å². The highest BCUT2D eigenvalue weighted by Crippen LogP contribution is 2.27. The Bertz CT molecular complexity index is 1280. The summed E-state index contributed by atoms with van der Waals surface area (Å²) in [5.74, 6) is -0.551. The van der Waals surface area contributed by atoms with Gasteiger partial charge < -0.3 is 10.6 Å². The molecule has 0 aromatic heterocycles. The van der Waals surface area contributed by atoms with E-state index < -0.39 is 10.0 Å². The summed E-state index contributed by atoms with van der Waals surface area (Å²) in [5, 5.41) is 5.86. The lowest BCUT2D eigenvalue weighted by atomic mass is 10.1. The second-order valence-corrected chi connectivity index (χ2v) is 10.0. The van der Waals surface area contributed by atoms with Gasteiger partial charge in [0.25, 0.3) is 11.8 Å². The monoisotopic (exact) mass is 483 g/mol. The highest BCUT2D eigenvalue weighted by Gasteiger charge is 2.26. The van der Waals surface area contributed by atoms with Crippen molar-refractivity contribution >= 4 is 50.5 Å². The third kappa shape index (κ3) is 5.35. The second-order valence-electron chi connectivity index (χ2n) is 7.61. The minimum atomic E-state index is -3.31. The van der Waals surface area contributed by atoms with Crippen molar-refractivity contribution in [3.05, 3.63) is 88.9 Å². The van der Waals surface area contributed by atoms with Crippen LogP contribution in [0.15, 0.2) is 72.8 Å². The molecular weight excluding hydrogens is 462 g/mol. The number of benzene rings is 3. The van der Waals surface area contributed by atoms with Gasteiger partial charge in [-0.05, 0) is 67.4 Å². The molecule has 4 rings (SSSR count). The third-order valence-electron chi connectivity index (χ3n) is 5.28. The summed E-state index contributed by atoms with van der Waals surface area (Å²) in [6.07, 6.45) is 1.47. The van der Waals surface area contributed by atoms with Gasteiger partial charge in [-0.25, -0.2) is 8.42 Å². The van der Waals surface area contributed by atoms with Gasteiger partial charge in [0.1, 0.15) is 0 Å². The fourth-order valence-electron chi connectivity index (χ4n) is 3.54. The number of nitrogens with zero attached hydrogens (tertiary/aromatic N) is 1. The summed E-state index contributed by atoms with van der Waals surface area (Å²) in [5.41, 5.74) is 2.23. The van der Waals surface area contributed by atoms with E-state index in [1.165, 1.54) is 4.31 Å². The fourth-order valence-corrected chi connectivity index (χ4v) is 5.35. The van der Waals surface area contributed by atoms with Crippen molar-refractivity contribution in [3.63, 3.8) is 0 Å². The van der Waals surface area contributed by atoms with Crippen LogP contribution in [0.4, 0.5) is 17.1 Å². The highest BCUT2D eigenvalue weighted by molar-refractivity contribution is 7.92. The Morgan fingerprint density at radius 1 is 0.818 bits per heavy atom. The summed E-state index contributed by atoms with van der Waals surface area (Å²) < 4.78 is 25.9. The standard InChI is InChI=1S/C24H22ClN3O4S/c25-21-13-10-19(16-22(21)27-24(30)17-6-2-1-3-7-17)26-23(29)18-8-11-20(12-9-18)28-14-4-5-15-33(28,31)32/h1-3,6-13,16H,4-5,14-15H2,(H,26,29)(H,27,30). The van der Waals surface area contributed by atoms with Gasteiger partial charge in [-0.1, -0.05) is 29.8 Å². The van der Waals surface area contributed by atoms with E-state index in [4.69, 9.17) is 11.6 Å². The fraction of sp³-hybridized carbons (Fsp3) is 0.167. The third-order valence-corrected chi connectivity index (χ3v) is 7.47. The second kappa shape index (κ2) is 9.64. The number of carbonyl (C=O) groups is 2. The molecule has 0 unspecified atom stereocenters. The van der Waals surface area contributed by atoms with Gasteiger partial charge in [0.15, 0.2) is 0 Å². The maximum absolute atomic E-state index is 12.7. The SMILES string of the molecule is O=C(Nc1ccc(Cl)c(NC(=O)c2ccccc2)c1)c1ccc(N2CCCCS2(=O)=O)cc1. The van der Waals surface area contributed by atoms with Gasteiger partial charge in [0, 0.05) is 23.4 Å². The Labute approximate surface area is 197 Å². The molecule has 7 nitrogen and oxygen atoms in total. The molecule has 3 aromatic rings. The molecule has 33 heavy (non-hydrogen) atoms. The molecule has 0 saturated carbocycles. The molecule has 0 radical (unpaired) electrons. The van der Waals surface area contributed by atoms with Crippen LogP contribution in [0.3, 0.4) is 0 Å². The van der Waals surface area contributed by atoms with Gasteiger partial charge in [-0.15, -0.1) is 0 Å². The van der Waals surface area contributed by atoms with Crippen LogP contribution >= 0.6 is 11.6 Å². The van der Waals surface area contributed by atoms with E-state index >= 15 is 0 Å². The molecule has 170 valence electrons. The summed E-state index contributed by atoms with van der Waals surface area (Å²) in [7, 11) is -3.31. The van der Waals surface area contributed by atoms with Gasteiger partial charge in [-0.3, -0.25) is 13.9 Å². The lowest BCUT2D eigenvalue weighted by Crippen LogP contribution is -2.37. The Balaban J connectivity index is 1.46. The summed E-state index contributed by atoms with van der Waals surface area (Å²) in [6, 6.07) is 19.9. The first-order valence-electron chi connectivity index (χ1n) is 10.4. The first-order valence-corrected chi connectivity index (χ1v) is 12.4. The topological polar surface area (TPSA) is 95.6 Å². The number of carbonyl (C=O) groups excluding carboxylic acids is 2. The van der Waals surface area contributed by atoms with E-state index in [-0.39, 0.29) is 17.6 Å². The Morgan fingerprint density at radius 2 is 1.48 bits per heavy atom. The minimum Gasteiger partial charge on any atom is -0.322 e. The number of hydrogen-bond donors (Lipinski definition) is 2. The molecular formula is C24H22ClN3O4S. The average Bonchev–Trinajstić information content (AvgIpc) is 2.81. The Hall–Kier alpha value is -3.36. The van der Waals surface area contributed by atoms with E-state index in [9.17, 15) is 18.0 Å².